The van der Waals surface area contributed by atoms with E-state index in [4.69, 9.17) is 0 Å². The van der Waals surface area contributed by atoms with Gasteiger partial charge in [-0.15, -0.1) is 0 Å². The van der Waals surface area contributed by atoms with Gasteiger partial charge < -0.3 is 5.32 Å². The van der Waals surface area contributed by atoms with Gasteiger partial charge in [0.15, 0.2) is 0 Å². The third-order valence-electron chi connectivity index (χ3n) is 4.83. The predicted octanol–water partition coefficient (Wildman–Crippen LogP) is 2.20. The van der Waals surface area contributed by atoms with E-state index in [1.165, 1.54) is 37.9 Å². The van der Waals surface area contributed by atoms with Crippen LogP contribution in [-0.2, 0) is 6.54 Å². The largest absolute Gasteiger partial charge is 0.308 e. The lowest BCUT2D eigenvalue weighted by Crippen LogP contribution is -2.38. The zero-order valence-corrected chi connectivity index (χ0v) is 12.3. The lowest BCUT2D eigenvalue weighted by Gasteiger charge is -2.20. The van der Waals surface area contributed by atoms with Gasteiger partial charge in [-0.3, -0.25) is 4.90 Å². The van der Waals surface area contributed by atoms with Crippen LogP contribution in [0, 0.1) is 0 Å². The third-order valence-corrected chi connectivity index (χ3v) is 4.83. The van der Waals surface area contributed by atoms with Gasteiger partial charge in [-0.2, -0.15) is 5.10 Å². The van der Waals surface area contributed by atoms with Crippen LogP contribution in [0.5, 0.6) is 0 Å². The highest BCUT2D eigenvalue weighted by Gasteiger charge is 2.36. The van der Waals surface area contributed by atoms with Gasteiger partial charge in [0.05, 0.1) is 11.9 Å². The Hall–Kier alpha value is -1.65. The maximum atomic E-state index is 4.46. The summed E-state index contributed by atoms with van der Waals surface area (Å²) in [7, 11) is 0. The minimum Gasteiger partial charge on any atom is -0.308 e. The molecule has 21 heavy (non-hydrogen) atoms. The fraction of sp³-hybridized carbons (Fsp3) is 0.471. The number of hydrogen-bond acceptors (Lipinski definition) is 3. The lowest BCUT2D eigenvalue weighted by atomic mass is 10.1. The van der Waals surface area contributed by atoms with Crippen LogP contribution in [0.4, 0.5) is 0 Å². The maximum Gasteiger partial charge on any atom is 0.0645 e. The Balaban J connectivity index is 1.39. The molecule has 0 radical (unpaired) electrons. The van der Waals surface area contributed by atoms with Crippen LogP contribution < -0.4 is 5.32 Å². The van der Waals surface area contributed by atoms with Crippen molar-refractivity contribution in [2.75, 3.05) is 13.1 Å². The Kier molecular flexibility index (Phi) is 3.49. The highest BCUT2D eigenvalue weighted by atomic mass is 15.3. The number of benzene rings is 1. The Morgan fingerprint density at radius 3 is 2.95 bits per heavy atom. The van der Waals surface area contributed by atoms with Crippen molar-refractivity contribution in [3.63, 3.8) is 0 Å². The number of para-hydroxylation sites is 1. The fourth-order valence-electron chi connectivity index (χ4n) is 3.74. The first-order chi connectivity index (χ1) is 10.4. The van der Waals surface area contributed by atoms with Gasteiger partial charge >= 0.3 is 0 Å². The predicted molar refractivity (Wildman–Crippen MR) is 83.4 cm³/mol. The zero-order valence-electron chi connectivity index (χ0n) is 12.3. The second-order valence-corrected chi connectivity index (χ2v) is 6.15. The minimum atomic E-state index is 0.660. The Morgan fingerprint density at radius 2 is 2.05 bits per heavy atom. The van der Waals surface area contributed by atoms with E-state index in [-0.39, 0.29) is 0 Å². The number of aromatic nitrogens is 2. The first kappa shape index (κ1) is 13.0. The molecular weight excluding hydrogens is 260 g/mol. The van der Waals surface area contributed by atoms with Crippen molar-refractivity contribution in [1.82, 2.24) is 20.0 Å². The normalized spacial score (nSPS) is 25.3. The third kappa shape index (κ3) is 2.61. The van der Waals surface area contributed by atoms with Crippen LogP contribution in [-0.4, -0.2) is 39.9 Å². The number of rotatable bonds is 4. The van der Waals surface area contributed by atoms with Crippen molar-refractivity contribution in [3.05, 3.63) is 48.3 Å². The second-order valence-electron chi connectivity index (χ2n) is 6.15. The molecule has 1 aromatic carbocycles. The van der Waals surface area contributed by atoms with Gasteiger partial charge in [0, 0.05) is 36.9 Å². The highest BCUT2D eigenvalue weighted by Crippen LogP contribution is 2.28. The van der Waals surface area contributed by atoms with Crippen LogP contribution in [0.3, 0.4) is 0 Å². The minimum absolute atomic E-state index is 0.660. The van der Waals surface area contributed by atoms with Crippen molar-refractivity contribution in [2.24, 2.45) is 0 Å². The number of hydrogen-bond donors (Lipinski definition) is 1. The summed E-state index contributed by atoms with van der Waals surface area (Å²) in [6.07, 6.45) is 8.12. The molecule has 2 unspecified atom stereocenters. The van der Waals surface area contributed by atoms with E-state index < -0.39 is 0 Å². The molecule has 1 aromatic heterocycles. The summed E-state index contributed by atoms with van der Waals surface area (Å²) in [6, 6.07) is 11.7. The molecule has 4 nitrogen and oxygen atoms in total. The molecule has 2 saturated heterocycles. The Morgan fingerprint density at radius 1 is 1.14 bits per heavy atom. The van der Waals surface area contributed by atoms with Gasteiger partial charge in [-0.05, 0) is 37.9 Å². The summed E-state index contributed by atoms with van der Waals surface area (Å²) in [6.45, 7) is 3.49. The van der Waals surface area contributed by atoms with Gasteiger partial charge in [0.1, 0.15) is 0 Å². The zero-order chi connectivity index (χ0) is 14.1. The first-order valence-electron chi connectivity index (χ1n) is 7.96. The summed E-state index contributed by atoms with van der Waals surface area (Å²) >= 11 is 0. The van der Waals surface area contributed by atoms with Crippen LogP contribution in [0.15, 0.2) is 42.7 Å². The van der Waals surface area contributed by atoms with Crippen molar-refractivity contribution in [2.45, 2.75) is 37.9 Å². The molecule has 0 aliphatic carbocycles. The maximum absolute atomic E-state index is 4.46. The van der Waals surface area contributed by atoms with Crippen molar-refractivity contribution < 1.29 is 0 Å². The summed E-state index contributed by atoms with van der Waals surface area (Å²) in [4.78, 5) is 2.64. The average molecular weight is 282 g/mol. The van der Waals surface area contributed by atoms with Crippen molar-refractivity contribution >= 4 is 0 Å². The van der Waals surface area contributed by atoms with Gasteiger partial charge in [-0.25, -0.2) is 4.68 Å². The van der Waals surface area contributed by atoms with Gasteiger partial charge in [0.25, 0.3) is 0 Å². The molecule has 0 amide bonds. The fourth-order valence-corrected chi connectivity index (χ4v) is 3.74. The second kappa shape index (κ2) is 5.62. The summed E-state index contributed by atoms with van der Waals surface area (Å²) in [5.74, 6) is 0. The van der Waals surface area contributed by atoms with E-state index in [0.717, 1.165) is 18.3 Å². The van der Waals surface area contributed by atoms with Crippen molar-refractivity contribution in [3.8, 4) is 5.69 Å². The number of nitrogens with zero attached hydrogens (tertiary/aromatic N) is 3. The van der Waals surface area contributed by atoms with E-state index in [2.05, 4.69) is 33.6 Å². The Labute approximate surface area is 125 Å². The SMILES string of the molecule is c1ccc(-n2cc(CNC3CCN4CCCC34)cn2)cc1. The van der Waals surface area contributed by atoms with Gasteiger partial charge in [-0.1, -0.05) is 18.2 Å². The molecule has 2 aliphatic rings. The molecule has 3 heterocycles. The van der Waals surface area contributed by atoms with Crippen LogP contribution >= 0.6 is 0 Å². The number of fused-ring (bicyclic) bond motifs is 1. The van der Waals surface area contributed by atoms with E-state index in [9.17, 15) is 0 Å². The molecule has 0 saturated carbocycles. The van der Waals surface area contributed by atoms with Gasteiger partial charge in [0.2, 0.25) is 0 Å². The topological polar surface area (TPSA) is 33.1 Å². The standard InChI is InChI=1S/C17H22N4/c1-2-5-15(6-3-1)21-13-14(12-19-21)11-18-16-8-10-20-9-4-7-17(16)20/h1-3,5-6,12-13,16-18H,4,7-11H2. The van der Waals surface area contributed by atoms with Crippen LogP contribution in [0.2, 0.25) is 0 Å². The quantitative estimate of drug-likeness (QED) is 0.933. The molecule has 2 atom stereocenters. The molecule has 2 aromatic rings. The molecule has 4 heteroatoms. The van der Waals surface area contributed by atoms with Crippen LogP contribution in [0.25, 0.3) is 5.69 Å². The summed E-state index contributed by atoms with van der Waals surface area (Å²) < 4.78 is 1.95. The monoisotopic (exact) mass is 282 g/mol. The van der Waals surface area contributed by atoms with Crippen molar-refractivity contribution in [1.29, 1.82) is 0 Å². The molecular formula is C17H22N4. The van der Waals surface area contributed by atoms with E-state index in [1.54, 1.807) is 0 Å². The first-order valence-corrected chi connectivity index (χ1v) is 7.96. The molecule has 0 spiro atoms. The number of nitrogens with one attached hydrogen (secondary N) is 1. The van der Waals surface area contributed by atoms with E-state index in [1.807, 2.05) is 29.1 Å². The van der Waals surface area contributed by atoms with E-state index in [0.29, 0.717) is 6.04 Å². The summed E-state index contributed by atoms with van der Waals surface area (Å²) in [5, 5.41) is 8.20. The molecule has 110 valence electrons. The molecule has 1 N–H and O–H groups in total. The van der Waals surface area contributed by atoms with E-state index >= 15 is 0 Å². The molecule has 2 fully saturated rings. The molecule has 0 bridgehead atoms. The highest BCUT2D eigenvalue weighted by molar-refractivity contribution is 5.30. The molecule has 2 aliphatic heterocycles. The summed E-state index contributed by atoms with van der Waals surface area (Å²) in [5.41, 5.74) is 2.38. The lowest BCUT2D eigenvalue weighted by molar-refractivity contribution is 0.298. The smallest absolute Gasteiger partial charge is 0.0645 e. The Bertz CT molecular complexity index is 592. The van der Waals surface area contributed by atoms with Crippen LogP contribution in [0.1, 0.15) is 24.8 Å². The molecule has 4 rings (SSSR count). The average Bonchev–Trinajstić information content (AvgIpc) is 3.23.